The van der Waals surface area contributed by atoms with E-state index in [1.54, 1.807) is 7.11 Å². The standard InChI is InChI=1S/C24H26ClNO2/c1-17-9-11-19(12-10-17)16-28-24-14-22(25)21(13-23(24)27-3)15-26-18(2)20-7-5-4-6-8-20/h4-14,18,26H,15-16H2,1-3H3. The van der Waals surface area contributed by atoms with Gasteiger partial charge in [-0.2, -0.15) is 0 Å². The third kappa shape index (κ3) is 5.28. The van der Waals surface area contributed by atoms with Gasteiger partial charge in [0.1, 0.15) is 6.61 Å². The zero-order chi connectivity index (χ0) is 19.9. The predicted molar refractivity (Wildman–Crippen MR) is 115 cm³/mol. The highest BCUT2D eigenvalue weighted by atomic mass is 35.5. The van der Waals surface area contributed by atoms with Gasteiger partial charge in [0.2, 0.25) is 0 Å². The summed E-state index contributed by atoms with van der Waals surface area (Å²) in [6, 6.07) is 22.6. The van der Waals surface area contributed by atoms with Gasteiger partial charge >= 0.3 is 0 Å². The van der Waals surface area contributed by atoms with Gasteiger partial charge in [-0.15, -0.1) is 0 Å². The normalized spacial score (nSPS) is 11.9. The van der Waals surface area contributed by atoms with E-state index in [9.17, 15) is 0 Å². The summed E-state index contributed by atoms with van der Waals surface area (Å²) in [4.78, 5) is 0. The molecule has 1 atom stereocenters. The maximum Gasteiger partial charge on any atom is 0.163 e. The summed E-state index contributed by atoms with van der Waals surface area (Å²) < 4.78 is 11.5. The molecule has 0 amide bonds. The summed E-state index contributed by atoms with van der Waals surface area (Å²) in [5.41, 5.74) is 4.55. The van der Waals surface area contributed by atoms with Crippen molar-refractivity contribution < 1.29 is 9.47 Å². The summed E-state index contributed by atoms with van der Waals surface area (Å²) in [6.07, 6.45) is 0. The number of methoxy groups -OCH3 is 1. The molecular formula is C24H26ClNO2. The summed E-state index contributed by atoms with van der Waals surface area (Å²) in [5, 5.41) is 4.17. The molecule has 3 aromatic carbocycles. The summed E-state index contributed by atoms with van der Waals surface area (Å²) >= 11 is 6.51. The summed E-state index contributed by atoms with van der Waals surface area (Å²) in [5.74, 6) is 1.33. The number of benzene rings is 3. The molecular weight excluding hydrogens is 370 g/mol. The van der Waals surface area contributed by atoms with Gasteiger partial charge < -0.3 is 14.8 Å². The highest BCUT2D eigenvalue weighted by Gasteiger charge is 2.12. The molecule has 28 heavy (non-hydrogen) atoms. The summed E-state index contributed by atoms with van der Waals surface area (Å²) in [6.45, 7) is 5.32. The molecule has 1 unspecified atom stereocenters. The van der Waals surface area contributed by atoms with Crippen molar-refractivity contribution >= 4 is 11.6 Å². The van der Waals surface area contributed by atoms with E-state index < -0.39 is 0 Å². The van der Waals surface area contributed by atoms with Gasteiger partial charge in [0.25, 0.3) is 0 Å². The predicted octanol–water partition coefficient (Wildman–Crippen LogP) is 6.09. The lowest BCUT2D eigenvalue weighted by Crippen LogP contribution is -2.18. The molecule has 3 nitrogen and oxygen atoms in total. The quantitative estimate of drug-likeness (QED) is 0.500. The molecule has 0 aromatic heterocycles. The Morgan fingerprint density at radius 1 is 0.964 bits per heavy atom. The molecule has 0 bridgehead atoms. The van der Waals surface area contributed by atoms with Crippen LogP contribution in [-0.4, -0.2) is 7.11 Å². The molecule has 0 aliphatic rings. The first-order valence-electron chi connectivity index (χ1n) is 9.40. The van der Waals surface area contributed by atoms with Gasteiger partial charge in [-0.05, 0) is 36.6 Å². The van der Waals surface area contributed by atoms with Crippen molar-refractivity contribution in [3.8, 4) is 11.5 Å². The molecule has 0 aliphatic heterocycles. The van der Waals surface area contributed by atoms with Crippen LogP contribution in [-0.2, 0) is 13.2 Å². The molecule has 0 saturated heterocycles. The number of rotatable bonds is 8. The highest BCUT2D eigenvalue weighted by Crippen LogP contribution is 2.34. The van der Waals surface area contributed by atoms with Crippen molar-refractivity contribution in [3.05, 3.63) is 94.0 Å². The van der Waals surface area contributed by atoms with E-state index in [2.05, 4.69) is 55.6 Å². The van der Waals surface area contributed by atoms with E-state index in [-0.39, 0.29) is 6.04 Å². The van der Waals surface area contributed by atoms with E-state index in [1.165, 1.54) is 11.1 Å². The largest absolute Gasteiger partial charge is 0.493 e. The lowest BCUT2D eigenvalue weighted by atomic mass is 10.1. The van der Waals surface area contributed by atoms with Crippen LogP contribution in [0.25, 0.3) is 0 Å². The van der Waals surface area contributed by atoms with Crippen LogP contribution >= 0.6 is 11.6 Å². The Morgan fingerprint density at radius 2 is 1.68 bits per heavy atom. The van der Waals surface area contributed by atoms with Gasteiger partial charge in [-0.25, -0.2) is 0 Å². The average Bonchev–Trinajstić information content (AvgIpc) is 2.73. The molecule has 3 rings (SSSR count). The number of aryl methyl sites for hydroxylation is 1. The zero-order valence-electron chi connectivity index (χ0n) is 16.5. The van der Waals surface area contributed by atoms with E-state index in [4.69, 9.17) is 21.1 Å². The van der Waals surface area contributed by atoms with Crippen molar-refractivity contribution in [2.75, 3.05) is 7.11 Å². The van der Waals surface area contributed by atoms with E-state index in [0.29, 0.717) is 29.7 Å². The molecule has 3 aromatic rings. The van der Waals surface area contributed by atoms with E-state index in [1.807, 2.05) is 30.3 Å². The Balaban J connectivity index is 1.67. The fraction of sp³-hybridized carbons (Fsp3) is 0.250. The number of nitrogens with one attached hydrogen (secondary N) is 1. The molecule has 0 heterocycles. The van der Waals surface area contributed by atoms with Crippen LogP contribution in [0.1, 0.15) is 35.2 Å². The Bertz CT molecular complexity index is 894. The molecule has 1 N–H and O–H groups in total. The van der Waals surface area contributed by atoms with Crippen LogP contribution in [0.5, 0.6) is 11.5 Å². The second-order valence-electron chi connectivity index (χ2n) is 6.88. The number of hydrogen-bond acceptors (Lipinski definition) is 3. The molecule has 0 saturated carbocycles. The van der Waals surface area contributed by atoms with Crippen molar-refractivity contribution in [2.45, 2.75) is 33.0 Å². The van der Waals surface area contributed by atoms with Crippen molar-refractivity contribution in [1.29, 1.82) is 0 Å². The Morgan fingerprint density at radius 3 is 2.36 bits per heavy atom. The second kappa shape index (κ2) is 9.63. The molecule has 0 fully saturated rings. The number of ether oxygens (including phenoxy) is 2. The number of hydrogen-bond donors (Lipinski definition) is 1. The molecule has 0 aliphatic carbocycles. The molecule has 4 heteroatoms. The lowest BCUT2D eigenvalue weighted by molar-refractivity contribution is 0.284. The van der Waals surface area contributed by atoms with Crippen LogP contribution in [0, 0.1) is 6.92 Å². The first kappa shape index (κ1) is 20.2. The SMILES string of the molecule is COc1cc(CNC(C)c2ccccc2)c(Cl)cc1OCc1ccc(C)cc1. The summed E-state index contributed by atoms with van der Waals surface area (Å²) in [7, 11) is 1.64. The third-order valence-corrected chi connectivity index (χ3v) is 5.10. The minimum absolute atomic E-state index is 0.223. The van der Waals surface area contributed by atoms with Gasteiger partial charge in [-0.3, -0.25) is 0 Å². The first-order valence-corrected chi connectivity index (χ1v) is 9.77. The first-order chi connectivity index (χ1) is 13.6. The Hall–Kier alpha value is -2.49. The minimum atomic E-state index is 0.223. The fourth-order valence-electron chi connectivity index (χ4n) is 2.95. The molecule has 146 valence electrons. The minimum Gasteiger partial charge on any atom is -0.493 e. The molecule has 0 radical (unpaired) electrons. The monoisotopic (exact) mass is 395 g/mol. The Kier molecular flexibility index (Phi) is 6.96. The lowest BCUT2D eigenvalue weighted by Gasteiger charge is -2.17. The Labute approximate surface area is 172 Å². The van der Waals surface area contributed by atoms with Crippen molar-refractivity contribution in [2.24, 2.45) is 0 Å². The number of halogens is 1. The van der Waals surface area contributed by atoms with Crippen LogP contribution < -0.4 is 14.8 Å². The smallest absolute Gasteiger partial charge is 0.163 e. The maximum absolute atomic E-state index is 6.51. The van der Waals surface area contributed by atoms with E-state index >= 15 is 0 Å². The van der Waals surface area contributed by atoms with Crippen LogP contribution in [0.3, 0.4) is 0 Å². The average molecular weight is 396 g/mol. The van der Waals surface area contributed by atoms with Crippen LogP contribution in [0.4, 0.5) is 0 Å². The van der Waals surface area contributed by atoms with Crippen LogP contribution in [0.2, 0.25) is 5.02 Å². The zero-order valence-corrected chi connectivity index (χ0v) is 17.3. The van der Waals surface area contributed by atoms with Gasteiger partial charge in [0, 0.05) is 23.7 Å². The van der Waals surface area contributed by atoms with Crippen molar-refractivity contribution in [3.63, 3.8) is 0 Å². The molecule has 0 spiro atoms. The van der Waals surface area contributed by atoms with Gasteiger partial charge in [0.15, 0.2) is 11.5 Å². The topological polar surface area (TPSA) is 30.5 Å². The van der Waals surface area contributed by atoms with Crippen LogP contribution in [0.15, 0.2) is 66.7 Å². The third-order valence-electron chi connectivity index (χ3n) is 4.75. The maximum atomic E-state index is 6.51. The van der Waals surface area contributed by atoms with Gasteiger partial charge in [-0.1, -0.05) is 71.8 Å². The highest BCUT2D eigenvalue weighted by molar-refractivity contribution is 6.31. The fourth-order valence-corrected chi connectivity index (χ4v) is 3.17. The second-order valence-corrected chi connectivity index (χ2v) is 7.29. The van der Waals surface area contributed by atoms with E-state index in [0.717, 1.165) is 11.1 Å². The van der Waals surface area contributed by atoms with Gasteiger partial charge in [0.05, 0.1) is 7.11 Å². The van der Waals surface area contributed by atoms with Crippen molar-refractivity contribution in [1.82, 2.24) is 5.32 Å².